The van der Waals surface area contributed by atoms with Crippen LogP contribution in [0.3, 0.4) is 0 Å². The highest BCUT2D eigenvalue weighted by atomic mass is 16.5. The van der Waals surface area contributed by atoms with E-state index in [-0.39, 0.29) is 5.91 Å². The first kappa shape index (κ1) is 17.6. The molecule has 25 heavy (non-hydrogen) atoms. The molecule has 0 aromatic heterocycles. The SMILES string of the molecule is CC(O)c1ccccc1NC(=O)C1CN(Cc2ccccc2)CCO1. The van der Waals surface area contributed by atoms with Crippen molar-refractivity contribution in [2.24, 2.45) is 0 Å². The molecule has 1 heterocycles. The Labute approximate surface area is 148 Å². The van der Waals surface area contributed by atoms with Crippen LogP contribution >= 0.6 is 0 Å². The molecule has 5 heteroatoms. The summed E-state index contributed by atoms with van der Waals surface area (Å²) in [5, 5.41) is 12.7. The minimum absolute atomic E-state index is 0.175. The number of nitrogens with one attached hydrogen (secondary N) is 1. The molecule has 2 N–H and O–H groups in total. The molecule has 2 aromatic carbocycles. The fraction of sp³-hybridized carbons (Fsp3) is 0.350. The van der Waals surface area contributed by atoms with Crippen LogP contribution in [0.2, 0.25) is 0 Å². The molecule has 0 radical (unpaired) electrons. The largest absolute Gasteiger partial charge is 0.389 e. The van der Waals surface area contributed by atoms with E-state index in [1.54, 1.807) is 13.0 Å². The zero-order chi connectivity index (χ0) is 17.6. The van der Waals surface area contributed by atoms with E-state index in [0.29, 0.717) is 24.4 Å². The van der Waals surface area contributed by atoms with Gasteiger partial charge in [-0.2, -0.15) is 0 Å². The number of hydrogen-bond donors (Lipinski definition) is 2. The van der Waals surface area contributed by atoms with Gasteiger partial charge in [0.05, 0.1) is 12.7 Å². The number of ether oxygens (including phenoxy) is 1. The lowest BCUT2D eigenvalue weighted by molar-refractivity contribution is -0.133. The zero-order valence-corrected chi connectivity index (χ0v) is 14.4. The predicted octanol–water partition coefficient (Wildman–Crippen LogP) is 2.58. The van der Waals surface area contributed by atoms with Gasteiger partial charge in [-0.05, 0) is 18.6 Å². The number of aliphatic hydroxyl groups excluding tert-OH is 1. The van der Waals surface area contributed by atoms with Crippen molar-refractivity contribution in [2.45, 2.75) is 25.7 Å². The molecule has 0 aliphatic carbocycles. The summed E-state index contributed by atoms with van der Waals surface area (Å²) in [7, 11) is 0. The van der Waals surface area contributed by atoms with Gasteiger partial charge in [-0.15, -0.1) is 0 Å². The van der Waals surface area contributed by atoms with E-state index < -0.39 is 12.2 Å². The molecule has 0 spiro atoms. The fourth-order valence-electron chi connectivity index (χ4n) is 3.03. The average Bonchev–Trinajstić information content (AvgIpc) is 2.63. The number of benzene rings is 2. The molecular formula is C20H24N2O3. The van der Waals surface area contributed by atoms with E-state index in [1.807, 2.05) is 36.4 Å². The highest BCUT2D eigenvalue weighted by Gasteiger charge is 2.27. The van der Waals surface area contributed by atoms with E-state index >= 15 is 0 Å². The van der Waals surface area contributed by atoms with Gasteiger partial charge in [-0.3, -0.25) is 9.69 Å². The maximum Gasteiger partial charge on any atom is 0.254 e. The summed E-state index contributed by atoms with van der Waals surface area (Å²) < 4.78 is 5.66. The second-order valence-electron chi connectivity index (χ2n) is 6.33. The fourth-order valence-corrected chi connectivity index (χ4v) is 3.03. The molecule has 3 rings (SSSR count). The number of amides is 1. The minimum atomic E-state index is -0.640. The summed E-state index contributed by atoms with van der Waals surface area (Å²) in [6.45, 7) is 4.38. The number of aliphatic hydroxyl groups is 1. The van der Waals surface area contributed by atoms with Gasteiger partial charge < -0.3 is 15.2 Å². The van der Waals surface area contributed by atoms with Gasteiger partial charge in [0.1, 0.15) is 6.10 Å². The average molecular weight is 340 g/mol. The topological polar surface area (TPSA) is 61.8 Å². The van der Waals surface area contributed by atoms with Crippen LogP contribution in [-0.2, 0) is 16.1 Å². The number of nitrogens with zero attached hydrogens (tertiary/aromatic N) is 1. The Hall–Kier alpha value is -2.21. The summed E-state index contributed by atoms with van der Waals surface area (Å²) in [6, 6.07) is 17.5. The Morgan fingerprint density at radius 1 is 1.24 bits per heavy atom. The van der Waals surface area contributed by atoms with Crippen molar-refractivity contribution in [1.82, 2.24) is 4.90 Å². The third kappa shape index (κ3) is 4.66. The number of anilines is 1. The van der Waals surface area contributed by atoms with Gasteiger partial charge >= 0.3 is 0 Å². The summed E-state index contributed by atoms with van der Waals surface area (Å²) in [5.74, 6) is -0.175. The second kappa shape index (κ2) is 8.25. The molecule has 2 aromatic rings. The lowest BCUT2D eigenvalue weighted by Gasteiger charge is -2.32. The van der Waals surface area contributed by atoms with Crippen molar-refractivity contribution in [3.8, 4) is 0 Å². The lowest BCUT2D eigenvalue weighted by Crippen LogP contribution is -2.47. The Balaban J connectivity index is 1.62. The molecular weight excluding hydrogens is 316 g/mol. The second-order valence-corrected chi connectivity index (χ2v) is 6.33. The van der Waals surface area contributed by atoms with E-state index in [0.717, 1.165) is 13.1 Å². The smallest absolute Gasteiger partial charge is 0.254 e. The molecule has 0 saturated carbocycles. The lowest BCUT2D eigenvalue weighted by atomic mass is 10.1. The normalized spacial score (nSPS) is 19.4. The molecule has 0 bridgehead atoms. The van der Waals surface area contributed by atoms with Crippen molar-refractivity contribution >= 4 is 11.6 Å². The Kier molecular flexibility index (Phi) is 5.81. The van der Waals surface area contributed by atoms with Crippen LogP contribution in [0, 0.1) is 0 Å². The highest BCUT2D eigenvalue weighted by molar-refractivity contribution is 5.95. The van der Waals surface area contributed by atoms with E-state index in [1.165, 1.54) is 5.56 Å². The molecule has 1 aliphatic rings. The van der Waals surface area contributed by atoms with Gasteiger partial charge in [-0.25, -0.2) is 0 Å². The van der Waals surface area contributed by atoms with Crippen LogP contribution in [0.5, 0.6) is 0 Å². The van der Waals surface area contributed by atoms with E-state index in [9.17, 15) is 9.90 Å². The monoisotopic (exact) mass is 340 g/mol. The van der Waals surface area contributed by atoms with Crippen LogP contribution in [0.4, 0.5) is 5.69 Å². The minimum Gasteiger partial charge on any atom is -0.389 e. The Morgan fingerprint density at radius 2 is 1.96 bits per heavy atom. The van der Waals surface area contributed by atoms with E-state index in [2.05, 4.69) is 22.3 Å². The summed E-state index contributed by atoms with van der Waals surface area (Å²) in [5.41, 5.74) is 2.56. The molecule has 1 saturated heterocycles. The van der Waals surface area contributed by atoms with Gasteiger partial charge in [-0.1, -0.05) is 48.5 Å². The molecule has 2 atom stereocenters. The van der Waals surface area contributed by atoms with Crippen LogP contribution < -0.4 is 5.32 Å². The Bertz CT molecular complexity index is 703. The number of morpholine rings is 1. The molecule has 1 amide bonds. The molecule has 1 aliphatic heterocycles. The number of rotatable bonds is 5. The number of carbonyl (C=O) groups excluding carboxylic acids is 1. The molecule has 1 fully saturated rings. The molecule has 132 valence electrons. The number of hydrogen-bond acceptors (Lipinski definition) is 4. The van der Waals surface area contributed by atoms with Crippen LogP contribution in [-0.4, -0.2) is 41.7 Å². The van der Waals surface area contributed by atoms with Crippen molar-refractivity contribution in [3.63, 3.8) is 0 Å². The van der Waals surface area contributed by atoms with Crippen molar-refractivity contribution in [3.05, 3.63) is 65.7 Å². The summed E-state index contributed by atoms with van der Waals surface area (Å²) in [6.07, 6.45) is -1.15. The first-order chi connectivity index (χ1) is 12.1. The Morgan fingerprint density at radius 3 is 2.72 bits per heavy atom. The first-order valence-electron chi connectivity index (χ1n) is 8.59. The van der Waals surface area contributed by atoms with Crippen molar-refractivity contribution < 1.29 is 14.6 Å². The summed E-state index contributed by atoms with van der Waals surface area (Å²) >= 11 is 0. The van der Waals surface area contributed by atoms with Crippen LogP contribution in [0.15, 0.2) is 54.6 Å². The van der Waals surface area contributed by atoms with Crippen molar-refractivity contribution in [2.75, 3.05) is 25.0 Å². The van der Waals surface area contributed by atoms with Gasteiger partial charge in [0.25, 0.3) is 5.91 Å². The predicted molar refractivity (Wildman–Crippen MR) is 97.2 cm³/mol. The number of carbonyl (C=O) groups is 1. The van der Waals surface area contributed by atoms with Gasteiger partial charge in [0, 0.05) is 30.9 Å². The third-order valence-corrected chi connectivity index (χ3v) is 4.36. The van der Waals surface area contributed by atoms with Crippen LogP contribution in [0.25, 0.3) is 0 Å². The quantitative estimate of drug-likeness (QED) is 0.878. The standard InChI is InChI=1S/C20H24N2O3/c1-15(23)17-9-5-6-10-18(17)21-20(24)19-14-22(11-12-25-19)13-16-7-3-2-4-8-16/h2-10,15,19,23H,11-14H2,1H3,(H,21,24). The molecule has 5 nitrogen and oxygen atoms in total. The highest BCUT2D eigenvalue weighted by Crippen LogP contribution is 2.23. The number of para-hydroxylation sites is 1. The third-order valence-electron chi connectivity index (χ3n) is 4.36. The zero-order valence-electron chi connectivity index (χ0n) is 14.4. The summed E-state index contributed by atoms with van der Waals surface area (Å²) in [4.78, 5) is 14.8. The van der Waals surface area contributed by atoms with Crippen LogP contribution in [0.1, 0.15) is 24.2 Å². The first-order valence-corrected chi connectivity index (χ1v) is 8.59. The maximum absolute atomic E-state index is 12.6. The maximum atomic E-state index is 12.6. The van der Waals surface area contributed by atoms with Gasteiger partial charge in [0.15, 0.2) is 0 Å². The molecule has 2 unspecified atom stereocenters. The van der Waals surface area contributed by atoms with E-state index in [4.69, 9.17) is 4.74 Å². The van der Waals surface area contributed by atoms with Gasteiger partial charge in [0.2, 0.25) is 0 Å². The van der Waals surface area contributed by atoms with Crippen molar-refractivity contribution in [1.29, 1.82) is 0 Å².